The number of hydrogen-bond donors (Lipinski definition) is 2. The van der Waals surface area contributed by atoms with E-state index >= 15 is 0 Å². The van der Waals surface area contributed by atoms with E-state index in [4.69, 9.17) is 11.6 Å². The van der Waals surface area contributed by atoms with Crippen molar-refractivity contribution in [2.24, 2.45) is 7.05 Å². The van der Waals surface area contributed by atoms with Crippen LogP contribution in [0.2, 0.25) is 5.02 Å². The molecular formula is C16H21ClN4O. The Morgan fingerprint density at radius 3 is 2.68 bits per heavy atom. The van der Waals surface area contributed by atoms with Gasteiger partial charge in [0.25, 0.3) is 0 Å². The number of nitrogens with one attached hydrogen (secondary N) is 2. The Kier molecular flexibility index (Phi) is 5.44. The fourth-order valence-electron chi connectivity index (χ4n) is 2.25. The van der Waals surface area contributed by atoms with Crippen LogP contribution >= 0.6 is 11.6 Å². The Morgan fingerprint density at radius 2 is 2.05 bits per heavy atom. The van der Waals surface area contributed by atoms with Crippen molar-refractivity contribution < 1.29 is 4.79 Å². The molecule has 2 amide bonds. The average Bonchev–Trinajstić information content (AvgIpc) is 2.88. The van der Waals surface area contributed by atoms with Crippen molar-refractivity contribution in [1.82, 2.24) is 20.4 Å². The first-order chi connectivity index (χ1) is 10.5. The summed E-state index contributed by atoms with van der Waals surface area (Å²) in [5, 5.41) is 10.7. The number of hydrogen-bond acceptors (Lipinski definition) is 2. The molecule has 2 rings (SSSR count). The SMILES string of the molecule is C[C@H](Cc1ccccc1Cl)NC(=O)N[C@@H](C)c1cnn(C)c1. The van der Waals surface area contributed by atoms with Crippen molar-refractivity contribution >= 4 is 17.6 Å². The fraction of sp³-hybridized carbons (Fsp3) is 0.375. The molecule has 0 bridgehead atoms. The molecule has 2 N–H and O–H groups in total. The molecule has 0 saturated carbocycles. The van der Waals surface area contributed by atoms with Gasteiger partial charge in [-0.15, -0.1) is 0 Å². The lowest BCUT2D eigenvalue weighted by Crippen LogP contribution is -2.42. The van der Waals surface area contributed by atoms with Crippen molar-refractivity contribution in [3.8, 4) is 0 Å². The van der Waals surface area contributed by atoms with Gasteiger partial charge in [-0.3, -0.25) is 4.68 Å². The molecule has 1 aromatic carbocycles. The van der Waals surface area contributed by atoms with E-state index in [2.05, 4.69) is 15.7 Å². The molecule has 118 valence electrons. The second-order valence-corrected chi connectivity index (χ2v) is 5.89. The quantitative estimate of drug-likeness (QED) is 0.889. The molecule has 0 spiro atoms. The lowest BCUT2D eigenvalue weighted by atomic mass is 10.1. The maximum atomic E-state index is 12.0. The Bertz CT molecular complexity index is 641. The first kappa shape index (κ1) is 16.4. The molecule has 2 aromatic rings. The molecule has 0 unspecified atom stereocenters. The summed E-state index contributed by atoms with van der Waals surface area (Å²) >= 11 is 6.13. The minimum Gasteiger partial charge on any atom is -0.335 e. The van der Waals surface area contributed by atoms with Crippen molar-refractivity contribution in [1.29, 1.82) is 0 Å². The molecule has 5 nitrogen and oxygen atoms in total. The second-order valence-electron chi connectivity index (χ2n) is 5.48. The second kappa shape index (κ2) is 7.31. The number of rotatable bonds is 5. The molecule has 1 heterocycles. The molecule has 0 saturated heterocycles. The first-order valence-electron chi connectivity index (χ1n) is 7.24. The van der Waals surface area contributed by atoms with Crippen molar-refractivity contribution in [3.63, 3.8) is 0 Å². The number of aromatic nitrogens is 2. The summed E-state index contributed by atoms with van der Waals surface area (Å²) in [5.41, 5.74) is 1.99. The molecule has 0 aliphatic heterocycles. The van der Waals surface area contributed by atoms with E-state index in [-0.39, 0.29) is 18.1 Å². The Balaban J connectivity index is 1.85. The fourth-order valence-corrected chi connectivity index (χ4v) is 2.47. The van der Waals surface area contributed by atoms with Crippen LogP contribution in [0.4, 0.5) is 4.79 Å². The number of halogens is 1. The van der Waals surface area contributed by atoms with Gasteiger partial charge in [-0.05, 0) is 31.9 Å². The van der Waals surface area contributed by atoms with Gasteiger partial charge in [0.05, 0.1) is 12.2 Å². The summed E-state index contributed by atoms with van der Waals surface area (Å²) in [6.07, 6.45) is 4.32. The van der Waals surface area contributed by atoms with Crippen LogP contribution in [0.5, 0.6) is 0 Å². The molecule has 6 heteroatoms. The number of carbonyl (C=O) groups excluding carboxylic acids is 1. The van der Waals surface area contributed by atoms with Crippen LogP contribution in [0, 0.1) is 0 Å². The van der Waals surface area contributed by atoms with Crippen LogP contribution in [-0.2, 0) is 13.5 Å². The molecular weight excluding hydrogens is 300 g/mol. The van der Waals surface area contributed by atoms with E-state index in [1.807, 2.05) is 51.4 Å². The van der Waals surface area contributed by atoms with Gasteiger partial charge in [-0.1, -0.05) is 29.8 Å². The summed E-state index contributed by atoms with van der Waals surface area (Å²) in [4.78, 5) is 12.0. The predicted octanol–water partition coefficient (Wildman–Crippen LogP) is 3.06. The number of nitrogens with zero attached hydrogens (tertiary/aromatic N) is 2. The van der Waals surface area contributed by atoms with Crippen molar-refractivity contribution in [2.45, 2.75) is 32.4 Å². The number of benzene rings is 1. The van der Waals surface area contributed by atoms with Crippen LogP contribution in [0.3, 0.4) is 0 Å². The number of carbonyl (C=O) groups is 1. The van der Waals surface area contributed by atoms with Crippen molar-refractivity contribution in [2.75, 3.05) is 0 Å². The van der Waals surface area contributed by atoms with E-state index in [0.29, 0.717) is 6.42 Å². The lowest BCUT2D eigenvalue weighted by molar-refractivity contribution is 0.234. The third kappa shape index (κ3) is 4.49. The van der Waals surface area contributed by atoms with Crippen LogP contribution in [0.15, 0.2) is 36.7 Å². The van der Waals surface area contributed by atoms with Crippen molar-refractivity contribution in [3.05, 3.63) is 52.8 Å². The standard InChI is InChI=1S/C16H21ClN4O/c1-11(8-13-6-4-5-7-15(13)17)19-16(22)20-12(2)14-9-18-21(3)10-14/h4-7,9-12H,8H2,1-3H3,(H2,19,20,22)/t11-,12+/m1/s1. The van der Waals surface area contributed by atoms with Crippen LogP contribution in [0.1, 0.15) is 31.0 Å². The monoisotopic (exact) mass is 320 g/mol. The van der Waals surface area contributed by atoms with Gasteiger partial charge >= 0.3 is 6.03 Å². The number of amides is 2. The highest BCUT2D eigenvalue weighted by Crippen LogP contribution is 2.16. The van der Waals surface area contributed by atoms with Crippen LogP contribution in [0.25, 0.3) is 0 Å². The van der Waals surface area contributed by atoms with Gasteiger partial charge in [0, 0.05) is 29.9 Å². The average molecular weight is 321 g/mol. The Morgan fingerprint density at radius 1 is 1.32 bits per heavy atom. The summed E-state index contributed by atoms with van der Waals surface area (Å²) in [6, 6.07) is 7.35. The summed E-state index contributed by atoms with van der Waals surface area (Å²) in [7, 11) is 1.85. The third-order valence-corrected chi connectivity index (χ3v) is 3.80. The van der Waals surface area contributed by atoms with Gasteiger partial charge in [-0.25, -0.2) is 4.79 Å². The van der Waals surface area contributed by atoms with Gasteiger partial charge in [-0.2, -0.15) is 5.10 Å². The smallest absolute Gasteiger partial charge is 0.315 e. The minimum absolute atomic E-state index is 0.0130. The van der Waals surface area contributed by atoms with E-state index in [1.165, 1.54) is 0 Å². The zero-order valence-electron chi connectivity index (χ0n) is 13.0. The lowest BCUT2D eigenvalue weighted by Gasteiger charge is -2.18. The molecule has 0 fully saturated rings. The van der Waals surface area contributed by atoms with Gasteiger partial charge < -0.3 is 10.6 Å². The van der Waals surface area contributed by atoms with Gasteiger partial charge in [0.1, 0.15) is 0 Å². The Hall–Kier alpha value is -2.01. The largest absolute Gasteiger partial charge is 0.335 e. The van der Waals surface area contributed by atoms with Crippen LogP contribution < -0.4 is 10.6 Å². The zero-order chi connectivity index (χ0) is 16.1. The number of aryl methyl sites for hydroxylation is 1. The third-order valence-electron chi connectivity index (χ3n) is 3.43. The molecule has 0 aliphatic carbocycles. The first-order valence-corrected chi connectivity index (χ1v) is 7.62. The summed E-state index contributed by atoms with van der Waals surface area (Å²) in [6.45, 7) is 3.88. The normalized spacial score (nSPS) is 13.5. The zero-order valence-corrected chi connectivity index (χ0v) is 13.8. The van der Waals surface area contributed by atoms with Crippen LogP contribution in [-0.4, -0.2) is 21.9 Å². The highest BCUT2D eigenvalue weighted by molar-refractivity contribution is 6.31. The van der Waals surface area contributed by atoms with E-state index in [1.54, 1.807) is 10.9 Å². The predicted molar refractivity (Wildman–Crippen MR) is 87.9 cm³/mol. The summed E-state index contributed by atoms with van der Waals surface area (Å²) in [5.74, 6) is 0. The highest BCUT2D eigenvalue weighted by Gasteiger charge is 2.13. The molecule has 0 radical (unpaired) electrons. The van der Waals surface area contributed by atoms with Gasteiger partial charge in [0.2, 0.25) is 0 Å². The molecule has 1 aromatic heterocycles. The maximum absolute atomic E-state index is 12.0. The van der Waals surface area contributed by atoms with E-state index in [9.17, 15) is 4.79 Å². The Labute approximate surface area is 135 Å². The minimum atomic E-state index is -0.198. The summed E-state index contributed by atoms with van der Waals surface area (Å²) < 4.78 is 1.71. The maximum Gasteiger partial charge on any atom is 0.315 e. The number of urea groups is 1. The molecule has 2 atom stereocenters. The highest BCUT2D eigenvalue weighted by atomic mass is 35.5. The van der Waals surface area contributed by atoms with E-state index in [0.717, 1.165) is 16.1 Å². The van der Waals surface area contributed by atoms with E-state index < -0.39 is 0 Å². The molecule has 0 aliphatic rings. The van der Waals surface area contributed by atoms with Gasteiger partial charge in [0.15, 0.2) is 0 Å². The topological polar surface area (TPSA) is 59.0 Å². The molecule has 22 heavy (non-hydrogen) atoms.